The first kappa shape index (κ1) is 14.2. The molecule has 0 saturated heterocycles. The van der Waals surface area contributed by atoms with Gasteiger partial charge in [0.05, 0.1) is 10.7 Å². The summed E-state index contributed by atoms with van der Waals surface area (Å²) in [6.45, 7) is 3.96. The summed E-state index contributed by atoms with van der Waals surface area (Å²) in [5.74, 6) is 0.473. The first-order valence-electron chi connectivity index (χ1n) is 6.08. The molecule has 100 valence electrons. The van der Waals surface area contributed by atoms with E-state index < -0.39 is 0 Å². The van der Waals surface area contributed by atoms with E-state index in [0.717, 1.165) is 35.5 Å². The Morgan fingerprint density at radius 3 is 2.79 bits per heavy atom. The van der Waals surface area contributed by atoms with Gasteiger partial charge in [0.1, 0.15) is 16.3 Å². The number of nitrogens with one attached hydrogen (secondary N) is 1. The Balaban J connectivity index is 2.63. The van der Waals surface area contributed by atoms with Gasteiger partial charge in [0.2, 0.25) is 0 Å². The Morgan fingerprint density at radius 2 is 2.16 bits per heavy atom. The summed E-state index contributed by atoms with van der Waals surface area (Å²) in [7, 11) is 0. The van der Waals surface area contributed by atoms with Gasteiger partial charge in [0.15, 0.2) is 0 Å². The molecule has 1 heterocycles. The molecule has 1 aromatic heterocycles. The van der Waals surface area contributed by atoms with Crippen LogP contribution in [0, 0.1) is 17.4 Å². The number of hydrogen-bond acceptors (Lipinski definition) is 2. The Labute approximate surface area is 121 Å². The second kappa shape index (κ2) is 5.80. The number of benzene rings is 1. The van der Waals surface area contributed by atoms with Gasteiger partial charge < -0.3 is 4.98 Å². The third-order valence-electron chi connectivity index (χ3n) is 2.89. The lowest BCUT2D eigenvalue weighted by atomic mass is 10.1. The Morgan fingerprint density at radius 1 is 1.42 bits per heavy atom. The van der Waals surface area contributed by atoms with Crippen molar-refractivity contribution in [3.05, 3.63) is 45.1 Å². The fourth-order valence-electron chi connectivity index (χ4n) is 1.90. The maximum absolute atomic E-state index is 13.1. The highest BCUT2D eigenvalue weighted by Crippen LogP contribution is 2.29. The SMILES string of the molecule is CCCc1nc(=S)c(C)c(-c2ccc(F)cc2Cl)[nH]1. The highest BCUT2D eigenvalue weighted by molar-refractivity contribution is 7.71. The average Bonchev–Trinajstić information content (AvgIpc) is 2.34. The minimum absolute atomic E-state index is 0.354. The van der Waals surface area contributed by atoms with Crippen LogP contribution < -0.4 is 0 Å². The fraction of sp³-hybridized carbons (Fsp3) is 0.286. The lowest BCUT2D eigenvalue weighted by Gasteiger charge is -2.11. The summed E-state index contributed by atoms with van der Waals surface area (Å²) in [4.78, 5) is 7.58. The van der Waals surface area contributed by atoms with Crippen molar-refractivity contribution in [2.75, 3.05) is 0 Å². The second-order valence-corrected chi connectivity index (χ2v) is 5.16. The first-order chi connectivity index (χ1) is 9.02. The summed E-state index contributed by atoms with van der Waals surface area (Å²) in [5, 5.41) is 0.363. The molecule has 0 atom stereocenters. The predicted molar refractivity (Wildman–Crippen MR) is 78.6 cm³/mol. The van der Waals surface area contributed by atoms with Gasteiger partial charge in [0, 0.05) is 17.5 Å². The van der Waals surface area contributed by atoms with Crippen molar-refractivity contribution in [1.82, 2.24) is 9.97 Å². The largest absolute Gasteiger partial charge is 0.343 e. The van der Waals surface area contributed by atoms with Gasteiger partial charge in [-0.25, -0.2) is 9.37 Å². The molecule has 0 bridgehead atoms. The number of hydrogen-bond donors (Lipinski definition) is 1. The number of aryl methyl sites for hydroxylation is 1. The zero-order chi connectivity index (χ0) is 14.0. The molecule has 19 heavy (non-hydrogen) atoms. The summed E-state index contributed by atoms with van der Waals surface area (Å²) in [5.41, 5.74) is 2.41. The molecule has 2 aromatic rings. The predicted octanol–water partition coefficient (Wildman–Crippen LogP) is 4.86. The van der Waals surface area contributed by atoms with Crippen molar-refractivity contribution in [2.24, 2.45) is 0 Å². The van der Waals surface area contributed by atoms with E-state index in [0.29, 0.717) is 9.66 Å². The standard InChI is InChI=1S/C14H14ClFN2S/c1-3-4-12-17-13(8(2)14(19)18-12)10-6-5-9(16)7-11(10)15/h5-7H,3-4H2,1-2H3,(H,17,18,19). The van der Waals surface area contributed by atoms with Crippen LogP contribution in [0.1, 0.15) is 24.7 Å². The molecule has 0 spiro atoms. The zero-order valence-corrected chi connectivity index (χ0v) is 12.3. The smallest absolute Gasteiger partial charge is 0.133 e. The molecular formula is C14H14ClFN2S. The average molecular weight is 297 g/mol. The molecular weight excluding hydrogens is 283 g/mol. The van der Waals surface area contributed by atoms with Crippen LogP contribution in [0.25, 0.3) is 11.3 Å². The van der Waals surface area contributed by atoms with Crippen LogP contribution in [-0.4, -0.2) is 9.97 Å². The van der Waals surface area contributed by atoms with E-state index in [-0.39, 0.29) is 5.82 Å². The van der Waals surface area contributed by atoms with Gasteiger partial charge >= 0.3 is 0 Å². The van der Waals surface area contributed by atoms with Gasteiger partial charge in [-0.05, 0) is 31.5 Å². The summed E-state index contributed by atoms with van der Waals surface area (Å²) in [6.07, 6.45) is 1.79. The van der Waals surface area contributed by atoms with Crippen LogP contribution in [-0.2, 0) is 6.42 Å². The molecule has 0 unspecified atom stereocenters. The third-order valence-corrected chi connectivity index (χ3v) is 3.60. The molecule has 0 aliphatic rings. The van der Waals surface area contributed by atoms with Crippen molar-refractivity contribution in [3.8, 4) is 11.3 Å². The normalized spacial score (nSPS) is 10.7. The van der Waals surface area contributed by atoms with Crippen LogP contribution in [0.4, 0.5) is 4.39 Å². The fourth-order valence-corrected chi connectivity index (χ4v) is 2.37. The minimum Gasteiger partial charge on any atom is -0.343 e. The number of aromatic amines is 1. The van der Waals surface area contributed by atoms with Crippen molar-refractivity contribution in [1.29, 1.82) is 0 Å². The van der Waals surface area contributed by atoms with E-state index in [1.165, 1.54) is 12.1 Å². The molecule has 0 aliphatic carbocycles. The molecule has 2 rings (SSSR count). The van der Waals surface area contributed by atoms with Crippen LogP contribution >= 0.6 is 23.8 Å². The first-order valence-corrected chi connectivity index (χ1v) is 6.86. The van der Waals surface area contributed by atoms with E-state index in [1.54, 1.807) is 6.07 Å². The minimum atomic E-state index is -0.354. The van der Waals surface area contributed by atoms with Crippen molar-refractivity contribution in [3.63, 3.8) is 0 Å². The van der Waals surface area contributed by atoms with Gasteiger partial charge in [0.25, 0.3) is 0 Å². The highest BCUT2D eigenvalue weighted by Gasteiger charge is 2.11. The van der Waals surface area contributed by atoms with Crippen LogP contribution in [0.5, 0.6) is 0 Å². The molecule has 0 radical (unpaired) electrons. The number of aromatic nitrogens is 2. The van der Waals surface area contributed by atoms with E-state index >= 15 is 0 Å². The van der Waals surface area contributed by atoms with E-state index in [2.05, 4.69) is 16.9 Å². The topological polar surface area (TPSA) is 28.7 Å². The second-order valence-electron chi connectivity index (χ2n) is 4.36. The van der Waals surface area contributed by atoms with E-state index in [9.17, 15) is 4.39 Å². The third kappa shape index (κ3) is 3.01. The van der Waals surface area contributed by atoms with Crippen molar-refractivity contribution >= 4 is 23.8 Å². The van der Waals surface area contributed by atoms with Crippen molar-refractivity contribution in [2.45, 2.75) is 26.7 Å². The number of rotatable bonds is 3. The van der Waals surface area contributed by atoms with Gasteiger partial charge in [-0.2, -0.15) is 0 Å². The van der Waals surface area contributed by atoms with E-state index in [4.69, 9.17) is 23.8 Å². The molecule has 0 amide bonds. The van der Waals surface area contributed by atoms with Gasteiger partial charge in [-0.15, -0.1) is 0 Å². The molecule has 5 heteroatoms. The molecule has 0 saturated carbocycles. The Hall–Kier alpha value is -1.26. The highest BCUT2D eigenvalue weighted by atomic mass is 35.5. The summed E-state index contributed by atoms with van der Waals surface area (Å²) < 4.78 is 13.7. The summed E-state index contributed by atoms with van der Waals surface area (Å²) in [6, 6.07) is 4.34. The molecule has 0 aliphatic heterocycles. The number of halogens is 2. The zero-order valence-electron chi connectivity index (χ0n) is 10.8. The summed E-state index contributed by atoms with van der Waals surface area (Å²) >= 11 is 11.4. The Kier molecular flexibility index (Phi) is 4.32. The van der Waals surface area contributed by atoms with E-state index in [1.807, 2.05) is 6.92 Å². The Bertz CT molecular complexity index is 667. The quantitative estimate of drug-likeness (QED) is 0.819. The van der Waals surface area contributed by atoms with Gasteiger partial charge in [-0.3, -0.25) is 0 Å². The van der Waals surface area contributed by atoms with Crippen LogP contribution in [0.2, 0.25) is 5.02 Å². The van der Waals surface area contributed by atoms with Gasteiger partial charge in [-0.1, -0.05) is 30.7 Å². The van der Waals surface area contributed by atoms with Crippen LogP contribution in [0.15, 0.2) is 18.2 Å². The lowest BCUT2D eigenvalue weighted by molar-refractivity contribution is 0.628. The maximum Gasteiger partial charge on any atom is 0.133 e. The molecule has 1 N–H and O–H groups in total. The number of nitrogens with zero attached hydrogens (tertiary/aromatic N) is 1. The molecule has 2 nitrogen and oxygen atoms in total. The number of H-pyrrole nitrogens is 1. The molecule has 1 aromatic carbocycles. The van der Waals surface area contributed by atoms with Crippen molar-refractivity contribution < 1.29 is 4.39 Å². The molecule has 0 fully saturated rings. The monoisotopic (exact) mass is 296 g/mol. The maximum atomic E-state index is 13.1. The van der Waals surface area contributed by atoms with Crippen LogP contribution in [0.3, 0.4) is 0 Å². The lowest BCUT2D eigenvalue weighted by Crippen LogP contribution is -2.00.